The molecule has 2 aliphatic rings. The van der Waals surface area contributed by atoms with Gasteiger partial charge in [0.25, 0.3) is 5.91 Å². The monoisotopic (exact) mass is 368 g/mol. The van der Waals surface area contributed by atoms with Crippen LogP contribution in [0.25, 0.3) is 0 Å². The number of aromatic nitrogens is 2. The molecule has 2 aromatic rings. The molecule has 1 atom stereocenters. The quantitative estimate of drug-likeness (QED) is 0.598. The van der Waals surface area contributed by atoms with Gasteiger partial charge in [-0.05, 0) is 43.0 Å². The zero-order chi connectivity index (χ0) is 18.6. The third kappa shape index (κ3) is 4.74. The van der Waals surface area contributed by atoms with Crippen LogP contribution in [0.1, 0.15) is 53.0 Å². The number of hydrogen-bond acceptors (Lipinski definition) is 5. The van der Waals surface area contributed by atoms with Crippen molar-refractivity contribution in [1.82, 2.24) is 20.4 Å². The molecule has 144 valence electrons. The lowest BCUT2D eigenvalue weighted by Gasteiger charge is -2.28. The third-order valence-corrected chi connectivity index (χ3v) is 5.39. The van der Waals surface area contributed by atoms with E-state index in [9.17, 15) is 4.79 Å². The molecule has 5 N–H and O–H groups in total. The van der Waals surface area contributed by atoms with Crippen LogP contribution in [-0.4, -0.2) is 53.7 Å². The molecule has 0 spiro atoms. The van der Waals surface area contributed by atoms with Crippen LogP contribution in [0.4, 0.5) is 5.69 Å². The molecule has 1 amide bonds. The van der Waals surface area contributed by atoms with Crippen molar-refractivity contribution < 1.29 is 4.79 Å². The Morgan fingerprint density at radius 1 is 1.30 bits per heavy atom. The molecule has 1 saturated heterocycles. The minimum atomic E-state index is -0.190. The van der Waals surface area contributed by atoms with Crippen LogP contribution in [0, 0.1) is 0 Å². The third-order valence-electron chi connectivity index (χ3n) is 5.39. The lowest BCUT2D eigenvalue weighted by atomic mass is 10.0. The number of carbonyl (C=O) groups excluding carboxylic acids is 1. The average molecular weight is 368 g/mol. The van der Waals surface area contributed by atoms with Crippen LogP contribution >= 0.6 is 0 Å². The van der Waals surface area contributed by atoms with Crippen LogP contribution < -0.4 is 16.4 Å². The summed E-state index contributed by atoms with van der Waals surface area (Å²) < 4.78 is 0. The van der Waals surface area contributed by atoms with Crippen molar-refractivity contribution in [1.29, 1.82) is 0 Å². The van der Waals surface area contributed by atoms with E-state index in [1.54, 1.807) is 0 Å². The normalized spacial score (nSPS) is 19.0. The Balaban J connectivity index is 1.33. The summed E-state index contributed by atoms with van der Waals surface area (Å²) >= 11 is 0. The van der Waals surface area contributed by atoms with E-state index in [1.165, 1.54) is 12.8 Å². The molecule has 2 heterocycles. The summed E-state index contributed by atoms with van der Waals surface area (Å²) in [6.45, 7) is 5.25. The van der Waals surface area contributed by atoms with Gasteiger partial charge in [-0.25, -0.2) is 0 Å². The maximum atomic E-state index is 12.4. The molecule has 27 heavy (non-hydrogen) atoms. The number of nitrogens with one attached hydrogen (secondary N) is 3. The number of piperazine rings is 1. The molecule has 1 saturated carbocycles. The smallest absolute Gasteiger partial charge is 0.276 e. The van der Waals surface area contributed by atoms with Crippen LogP contribution in [0.15, 0.2) is 30.3 Å². The largest absolute Gasteiger partial charge is 0.324 e. The molecule has 1 aliphatic heterocycles. The van der Waals surface area contributed by atoms with Crippen molar-refractivity contribution in [2.75, 3.05) is 38.0 Å². The molecular weight excluding hydrogens is 340 g/mol. The molecule has 7 nitrogen and oxygen atoms in total. The van der Waals surface area contributed by atoms with E-state index in [0.717, 1.165) is 56.1 Å². The highest BCUT2D eigenvalue weighted by Crippen LogP contribution is 2.39. The second-order valence-corrected chi connectivity index (χ2v) is 7.55. The number of nitrogens with two attached hydrogens (primary N) is 1. The fraction of sp³-hybridized carbons (Fsp3) is 0.500. The number of carbonyl (C=O) groups is 1. The SMILES string of the molecule is NC(CCN1CCNCC1)c1cccc(NC(=O)c2cc(C3CC3)[nH]n2)c1. The second-order valence-electron chi connectivity index (χ2n) is 7.55. The molecule has 2 fully saturated rings. The first kappa shape index (κ1) is 18.2. The summed E-state index contributed by atoms with van der Waals surface area (Å²) in [6, 6.07) is 9.64. The Morgan fingerprint density at radius 2 is 2.11 bits per heavy atom. The van der Waals surface area contributed by atoms with Crippen LogP contribution in [0.2, 0.25) is 0 Å². The first-order valence-electron chi connectivity index (χ1n) is 9.84. The van der Waals surface area contributed by atoms with E-state index >= 15 is 0 Å². The van der Waals surface area contributed by atoms with Gasteiger partial charge in [0.1, 0.15) is 0 Å². The zero-order valence-electron chi connectivity index (χ0n) is 15.6. The number of amides is 1. The number of anilines is 1. The minimum absolute atomic E-state index is 0.0383. The number of nitrogens with zero attached hydrogens (tertiary/aromatic N) is 2. The van der Waals surface area contributed by atoms with Crippen molar-refractivity contribution >= 4 is 11.6 Å². The van der Waals surface area contributed by atoms with Crippen molar-refractivity contribution in [3.63, 3.8) is 0 Å². The van der Waals surface area contributed by atoms with Crippen molar-refractivity contribution in [3.8, 4) is 0 Å². The van der Waals surface area contributed by atoms with E-state index in [-0.39, 0.29) is 11.9 Å². The summed E-state index contributed by atoms with van der Waals surface area (Å²) in [5.41, 5.74) is 9.69. The van der Waals surface area contributed by atoms with E-state index < -0.39 is 0 Å². The summed E-state index contributed by atoms with van der Waals surface area (Å²) in [7, 11) is 0. The van der Waals surface area contributed by atoms with Gasteiger partial charge in [-0.2, -0.15) is 5.10 Å². The van der Waals surface area contributed by atoms with Gasteiger partial charge in [0.2, 0.25) is 0 Å². The lowest BCUT2D eigenvalue weighted by Crippen LogP contribution is -2.44. The summed E-state index contributed by atoms with van der Waals surface area (Å²) in [6.07, 6.45) is 3.26. The fourth-order valence-corrected chi connectivity index (χ4v) is 3.52. The minimum Gasteiger partial charge on any atom is -0.324 e. The molecule has 7 heteroatoms. The number of aromatic amines is 1. The Bertz CT molecular complexity index is 778. The van der Waals surface area contributed by atoms with Crippen molar-refractivity contribution in [2.45, 2.75) is 31.2 Å². The van der Waals surface area contributed by atoms with Crippen LogP contribution in [0.3, 0.4) is 0 Å². The Morgan fingerprint density at radius 3 is 2.89 bits per heavy atom. The molecule has 0 bridgehead atoms. The van der Waals surface area contributed by atoms with Gasteiger partial charge in [0.15, 0.2) is 5.69 Å². The number of H-pyrrole nitrogens is 1. The Kier molecular flexibility index (Phi) is 5.52. The van der Waals surface area contributed by atoms with Crippen molar-refractivity contribution in [2.24, 2.45) is 5.73 Å². The maximum Gasteiger partial charge on any atom is 0.276 e. The predicted octanol–water partition coefficient (Wildman–Crippen LogP) is 1.83. The molecule has 1 unspecified atom stereocenters. The summed E-state index contributed by atoms with van der Waals surface area (Å²) in [5.74, 6) is 0.362. The van der Waals surface area contributed by atoms with E-state index in [0.29, 0.717) is 11.6 Å². The number of benzene rings is 1. The highest BCUT2D eigenvalue weighted by molar-refractivity contribution is 6.02. The highest BCUT2D eigenvalue weighted by Gasteiger charge is 2.26. The van der Waals surface area contributed by atoms with E-state index in [1.807, 2.05) is 30.3 Å². The maximum absolute atomic E-state index is 12.4. The number of rotatable bonds is 7. The topological polar surface area (TPSA) is 99.1 Å². The first-order valence-corrected chi connectivity index (χ1v) is 9.84. The average Bonchev–Trinajstić information content (AvgIpc) is 3.43. The van der Waals surface area contributed by atoms with Gasteiger partial charge in [-0.3, -0.25) is 9.89 Å². The zero-order valence-corrected chi connectivity index (χ0v) is 15.6. The van der Waals surface area contributed by atoms with Crippen molar-refractivity contribution in [3.05, 3.63) is 47.3 Å². The molecule has 1 aliphatic carbocycles. The summed E-state index contributed by atoms with van der Waals surface area (Å²) in [5, 5.41) is 13.4. The first-order chi connectivity index (χ1) is 13.2. The lowest BCUT2D eigenvalue weighted by molar-refractivity contribution is 0.102. The van der Waals surface area contributed by atoms with Gasteiger partial charge in [-0.15, -0.1) is 0 Å². The van der Waals surface area contributed by atoms with Crippen LogP contribution in [0.5, 0.6) is 0 Å². The van der Waals surface area contributed by atoms with E-state index in [2.05, 4.69) is 25.7 Å². The number of hydrogen-bond donors (Lipinski definition) is 4. The molecule has 4 rings (SSSR count). The van der Waals surface area contributed by atoms with Gasteiger partial charge >= 0.3 is 0 Å². The Hall–Kier alpha value is -2.22. The van der Waals surface area contributed by atoms with Crippen LogP contribution in [-0.2, 0) is 0 Å². The Labute approximate surface area is 159 Å². The predicted molar refractivity (Wildman–Crippen MR) is 106 cm³/mol. The van der Waals surface area contributed by atoms with Gasteiger partial charge in [0, 0.05) is 56.1 Å². The molecule has 1 aromatic carbocycles. The molecule has 1 aromatic heterocycles. The molecule has 0 radical (unpaired) electrons. The van der Waals surface area contributed by atoms with E-state index in [4.69, 9.17) is 5.73 Å². The standard InChI is InChI=1S/C20H28N6O/c21-17(6-9-26-10-7-22-8-11-26)15-2-1-3-16(12-15)23-20(27)19-13-18(24-25-19)14-4-5-14/h1-3,12-14,17,22H,4-11,21H2,(H,23,27)(H,24,25). The van der Waals surface area contributed by atoms with Gasteiger partial charge in [-0.1, -0.05) is 12.1 Å². The highest BCUT2D eigenvalue weighted by atomic mass is 16.1. The second kappa shape index (κ2) is 8.21. The molecular formula is C20H28N6O. The van der Waals surface area contributed by atoms with Gasteiger partial charge < -0.3 is 21.3 Å². The van der Waals surface area contributed by atoms with Gasteiger partial charge in [0.05, 0.1) is 0 Å². The summed E-state index contributed by atoms with van der Waals surface area (Å²) in [4.78, 5) is 14.9. The fourth-order valence-electron chi connectivity index (χ4n) is 3.52.